The number of anilines is 1. The van der Waals surface area contributed by atoms with E-state index in [-0.39, 0.29) is 29.8 Å². The number of ether oxygens (including phenoxy) is 3. The molecule has 0 fully saturated rings. The van der Waals surface area contributed by atoms with Crippen LogP contribution in [0.1, 0.15) is 52.2 Å². The Balaban J connectivity index is 1.53. The molecule has 0 unspecified atom stereocenters. The quantitative estimate of drug-likeness (QED) is 0.241. The van der Waals surface area contributed by atoms with Crippen LogP contribution in [-0.2, 0) is 38.4 Å². The number of benzene rings is 1. The van der Waals surface area contributed by atoms with E-state index in [1.54, 1.807) is 0 Å². The number of amides is 1. The lowest BCUT2D eigenvalue weighted by Crippen LogP contribution is -2.19. The molecule has 1 aliphatic rings. The monoisotopic (exact) mass is 627 g/mol. The highest BCUT2D eigenvalue weighted by Crippen LogP contribution is 2.39. The molecule has 0 atom stereocenters. The summed E-state index contributed by atoms with van der Waals surface area (Å²) in [6, 6.07) is 4.88. The number of nitrogens with one attached hydrogen (secondary N) is 1. The van der Waals surface area contributed by atoms with E-state index in [0.717, 1.165) is 29.7 Å². The maximum atomic E-state index is 13.7. The van der Waals surface area contributed by atoms with Crippen molar-refractivity contribution in [2.45, 2.75) is 49.9 Å². The van der Waals surface area contributed by atoms with E-state index in [1.807, 2.05) is 0 Å². The third-order valence-corrected chi connectivity index (χ3v) is 9.36. The molecule has 2 heterocycles. The number of aryl methyl sites for hydroxylation is 1. The molecule has 3 aromatic rings. The number of aromatic nitrogens is 2. The van der Waals surface area contributed by atoms with Gasteiger partial charge >= 0.3 is 12.1 Å². The lowest BCUT2D eigenvalue weighted by atomic mass is 9.95. The molecule has 1 amide bonds. The number of thiophene rings is 1. The van der Waals surface area contributed by atoms with Crippen LogP contribution >= 0.6 is 11.3 Å². The van der Waals surface area contributed by atoms with Crippen LogP contribution in [0.4, 0.5) is 18.2 Å². The van der Waals surface area contributed by atoms with Crippen LogP contribution in [-0.4, -0.2) is 57.3 Å². The molecule has 0 aliphatic heterocycles. The van der Waals surface area contributed by atoms with Crippen LogP contribution < -0.4 is 14.8 Å². The van der Waals surface area contributed by atoms with Gasteiger partial charge in [-0.05, 0) is 61.9 Å². The zero-order valence-corrected chi connectivity index (χ0v) is 24.6. The fourth-order valence-corrected chi connectivity index (χ4v) is 7.00. The second-order valence-electron chi connectivity index (χ2n) is 9.37. The van der Waals surface area contributed by atoms with Gasteiger partial charge in [0.1, 0.15) is 10.7 Å². The van der Waals surface area contributed by atoms with E-state index in [1.165, 1.54) is 50.9 Å². The highest BCUT2D eigenvalue weighted by molar-refractivity contribution is 7.91. The molecule has 0 saturated heterocycles. The third kappa shape index (κ3) is 6.84. The van der Waals surface area contributed by atoms with Crippen molar-refractivity contribution in [3.8, 4) is 22.8 Å². The third-order valence-electron chi connectivity index (χ3n) is 6.58. The molecule has 1 aliphatic carbocycles. The molecule has 2 aromatic heterocycles. The van der Waals surface area contributed by atoms with Crippen LogP contribution in [0.3, 0.4) is 0 Å². The maximum absolute atomic E-state index is 13.7. The number of methoxy groups -OCH3 is 3. The highest BCUT2D eigenvalue weighted by Gasteiger charge is 2.35. The van der Waals surface area contributed by atoms with Crippen LogP contribution in [0.15, 0.2) is 29.4 Å². The Morgan fingerprint density at radius 2 is 1.74 bits per heavy atom. The lowest BCUT2D eigenvalue weighted by Gasteiger charge is -2.13. The first-order valence-corrected chi connectivity index (χ1v) is 15.3. The van der Waals surface area contributed by atoms with Gasteiger partial charge in [0.15, 0.2) is 11.5 Å². The number of nitrogens with zero attached hydrogens (tertiary/aromatic N) is 2. The second-order valence-corrected chi connectivity index (χ2v) is 12.5. The Morgan fingerprint density at radius 1 is 1.02 bits per heavy atom. The average Bonchev–Trinajstić information content (AvgIpc) is 3.33. The molecule has 226 valence electrons. The largest absolute Gasteiger partial charge is 0.493 e. The molecule has 4 rings (SSSR count). The number of rotatable bonds is 10. The number of carbonyl (C=O) groups is 2. The summed E-state index contributed by atoms with van der Waals surface area (Å²) in [7, 11) is -0.445. The maximum Gasteiger partial charge on any atom is 0.433 e. The van der Waals surface area contributed by atoms with Crippen LogP contribution in [0, 0.1) is 0 Å². The number of esters is 1. The number of sulfone groups is 1. The van der Waals surface area contributed by atoms with Gasteiger partial charge in [-0.15, -0.1) is 11.3 Å². The van der Waals surface area contributed by atoms with Gasteiger partial charge in [0.2, 0.25) is 20.9 Å². The molecule has 0 bridgehead atoms. The molecule has 0 saturated carbocycles. The predicted molar refractivity (Wildman–Crippen MR) is 148 cm³/mol. The number of carbonyl (C=O) groups excluding carboxylic acids is 2. The fourth-order valence-electron chi connectivity index (χ4n) is 4.53. The zero-order chi connectivity index (χ0) is 30.7. The van der Waals surface area contributed by atoms with Crippen molar-refractivity contribution in [2.75, 3.05) is 32.4 Å². The minimum absolute atomic E-state index is 0.149. The first-order chi connectivity index (χ1) is 19.9. The first-order valence-electron chi connectivity index (χ1n) is 12.8. The van der Waals surface area contributed by atoms with Gasteiger partial charge in [-0.25, -0.2) is 23.2 Å². The molecule has 0 spiro atoms. The molecular formula is C27H28F3N3O7S2. The van der Waals surface area contributed by atoms with Crippen molar-refractivity contribution >= 4 is 38.1 Å². The smallest absolute Gasteiger partial charge is 0.433 e. The Hall–Kier alpha value is -3.72. The molecule has 1 N–H and O–H groups in total. The highest BCUT2D eigenvalue weighted by atomic mass is 32.2. The summed E-state index contributed by atoms with van der Waals surface area (Å²) in [5.41, 5.74) is -0.417. The molecule has 1 aromatic carbocycles. The fraction of sp³-hybridized carbons (Fsp3) is 0.407. The number of hydrogen-bond donors (Lipinski definition) is 1. The minimum Gasteiger partial charge on any atom is -0.493 e. The molecule has 15 heteroatoms. The SMILES string of the molecule is COC(=O)c1c(NC(=O)CCCS(=O)(=O)c2nc(-c3ccc(OC)c(OC)c3)cc(C(F)(F)F)n2)sc2c1CCCC2. The van der Waals surface area contributed by atoms with Crippen LogP contribution in [0.5, 0.6) is 11.5 Å². The Morgan fingerprint density at radius 3 is 2.40 bits per heavy atom. The van der Waals surface area contributed by atoms with E-state index >= 15 is 0 Å². The summed E-state index contributed by atoms with van der Waals surface area (Å²) in [5, 5.41) is 1.99. The normalized spacial score (nSPS) is 13.3. The van der Waals surface area contributed by atoms with Crippen molar-refractivity contribution < 1.29 is 45.4 Å². The lowest BCUT2D eigenvalue weighted by molar-refractivity contribution is -0.141. The summed E-state index contributed by atoms with van der Waals surface area (Å²) < 4.78 is 82.3. The summed E-state index contributed by atoms with van der Waals surface area (Å²) >= 11 is 1.28. The van der Waals surface area contributed by atoms with Crippen molar-refractivity contribution in [2.24, 2.45) is 0 Å². The molecule has 42 heavy (non-hydrogen) atoms. The van der Waals surface area contributed by atoms with Gasteiger partial charge in [0.25, 0.3) is 0 Å². The molecule has 0 radical (unpaired) electrons. The van der Waals surface area contributed by atoms with Gasteiger partial charge in [0, 0.05) is 16.9 Å². The van der Waals surface area contributed by atoms with Gasteiger partial charge < -0.3 is 19.5 Å². The zero-order valence-electron chi connectivity index (χ0n) is 23.0. The second kappa shape index (κ2) is 12.7. The van der Waals surface area contributed by atoms with Gasteiger partial charge in [-0.2, -0.15) is 13.2 Å². The number of halogens is 3. The van der Waals surface area contributed by atoms with E-state index in [2.05, 4.69) is 15.3 Å². The summed E-state index contributed by atoms with van der Waals surface area (Å²) in [6.07, 6.45) is -2.11. The van der Waals surface area contributed by atoms with Gasteiger partial charge in [0.05, 0.1) is 38.3 Å². The van der Waals surface area contributed by atoms with Crippen LogP contribution in [0.25, 0.3) is 11.3 Å². The van der Waals surface area contributed by atoms with Crippen molar-refractivity contribution in [3.05, 3.63) is 46.0 Å². The van der Waals surface area contributed by atoms with E-state index in [4.69, 9.17) is 14.2 Å². The number of hydrogen-bond acceptors (Lipinski definition) is 10. The topological polar surface area (TPSA) is 134 Å². The van der Waals surface area contributed by atoms with Crippen molar-refractivity contribution in [1.29, 1.82) is 0 Å². The Bertz CT molecular complexity index is 1600. The molecule has 10 nitrogen and oxygen atoms in total. The summed E-state index contributed by atoms with van der Waals surface area (Å²) in [4.78, 5) is 33.3. The standard InChI is InChI=1S/C27H28F3N3O7S2/c1-38-18-11-10-15(13-19(18)39-2)17-14-21(27(28,29)30)32-26(31-17)42(36,37)12-6-9-22(34)33-24-23(25(35)40-3)16-7-4-5-8-20(16)41-24/h10-11,13-14H,4-9,12H2,1-3H3,(H,33,34). The summed E-state index contributed by atoms with van der Waals surface area (Å²) in [6.45, 7) is 0. The van der Waals surface area contributed by atoms with Gasteiger partial charge in [-0.1, -0.05) is 0 Å². The van der Waals surface area contributed by atoms with Crippen LogP contribution in [0.2, 0.25) is 0 Å². The number of alkyl halides is 3. The van der Waals surface area contributed by atoms with E-state index in [0.29, 0.717) is 28.8 Å². The minimum atomic E-state index is -4.95. The predicted octanol–water partition coefficient (Wildman–Crippen LogP) is 5.10. The average molecular weight is 628 g/mol. The Labute approximate surface area is 244 Å². The van der Waals surface area contributed by atoms with E-state index in [9.17, 15) is 31.2 Å². The Kier molecular flexibility index (Phi) is 9.40. The van der Waals surface area contributed by atoms with Crippen molar-refractivity contribution in [1.82, 2.24) is 9.97 Å². The number of fused-ring (bicyclic) bond motifs is 1. The van der Waals surface area contributed by atoms with E-state index < -0.39 is 44.5 Å². The van der Waals surface area contributed by atoms with Gasteiger partial charge in [-0.3, -0.25) is 4.79 Å². The molecular weight excluding hydrogens is 599 g/mol. The summed E-state index contributed by atoms with van der Waals surface area (Å²) in [5.74, 6) is -1.28. The van der Waals surface area contributed by atoms with Crippen molar-refractivity contribution in [3.63, 3.8) is 0 Å². The first kappa shape index (κ1) is 31.2.